The van der Waals surface area contributed by atoms with Gasteiger partial charge in [0.1, 0.15) is 0 Å². The van der Waals surface area contributed by atoms with Crippen LogP contribution in [-0.4, -0.2) is 24.1 Å². The van der Waals surface area contributed by atoms with Gasteiger partial charge in [0, 0.05) is 24.0 Å². The summed E-state index contributed by atoms with van der Waals surface area (Å²) in [6.07, 6.45) is 6.61. The van der Waals surface area contributed by atoms with Gasteiger partial charge in [-0.2, -0.15) is 0 Å². The van der Waals surface area contributed by atoms with Gasteiger partial charge in [-0.15, -0.1) is 0 Å². The molecule has 1 atom stereocenters. The maximum absolute atomic E-state index is 12.5. The number of nitrogens with zero attached hydrogens (tertiary/aromatic N) is 1. The van der Waals surface area contributed by atoms with Crippen molar-refractivity contribution in [3.8, 4) is 0 Å². The number of sulfonamides is 1. The van der Waals surface area contributed by atoms with E-state index in [2.05, 4.69) is 18.6 Å². The average molecular weight is 312 g/mol. The first-order valence-electron chi connectivity index (χ1n) is 7.65. The van der Waals surface area contributed by atoms with E-state index in [0.29, 0.717) is 11.7 Å². The molecule has 6 heteroatoms. The van der Waals surface area contributed by atoms with Crippen molar-refractivity contribution < 1.29 is 13.5 Å². The summed E-state index contributed by atoms with van der Waals surface area (Å²) in [7, 11) is -3.49. The molecule has 1 unspecified atom stereocenters. The van der Waals surface area contributed by atoms with Crippen LogP contribution < -0.4 is 4.72 Å². The van der Waals surface area contributed by atoms with E-state index < -0.39 is 10.0 Å². The minimum absolute atomic E-state index is 0.0202. The Labute approximate surface area is 126 Å². The molecular weight excluding hydrogens is 288 g/mol. The fraction of sp³-hybridized carbons (Fsp3) is 0.733. The van der Waals surface area contributed by atoms with Gasteiger partial charge in [0.05, 0.1) is 11.5 Å². The maximum atomic E-state index is 12.5. The quantitative estimate of drug-likeness (QED) is 0.875. The second kappa shape index (κ2) is 5.11. The van der Waals surface area contributed by atoms with Crippen LogP contribution in [0.2, 0.25) is 0 Å². The van der Waals surface area contributed by atoms with Crippen molar-refractivity contribution in [1.82, 2.24) is 9.29 Å². The van der Waals surface area contributed by atoms with E-state index in [-0.39, 0.29) is 23.0 Å². The van der Waals surface area contributed by atoms with Gasteiger partial charge in [-0.25, -0.2) is 13.1 Å². The van der Waals surface area contributed by atoms with Crippen molar-refractivity contribution in [3.63, 3.8) is 0 Å². The van der Waals surface area contributed by atoms with Crippen molar-refractivity contribution in [2.45, 2.75) is 69.5 Å². The molecule has 2 aliphatic carbocycles. The van der Waals surface area contributed by atoms with Gasteiger partial charge >= 0.3 is 0 Å². The number of hydrogen-bond acceptors (Lipinski definition) is 3. The molecule has 21 heavy (non-hydrogen) atoms. The van der Waals surface area contributed by atoms with E-state index in [9.17, 15) is 13.5 Å². The molecule has 0 aromatic carbocycles. The molecule has 0 amide bonds. The Hall–Kier alpha value is -0.850. The van der Waals surface area contributed by atoms with Crippen molar-refractivity contribution in [3.05, 3.63) is 18.0 Å². The first-order chi connectivity index (χ1) is 9.81. The summed E-state index contributed by atoms with van der Waals surface area (Å²) in [5, 5.41) is 9.39. The number of aliphatic hydroxyl groups excluding tert-OH is 1. The van der Waals surface area contributed by atoms with Crippen LogP contribution in [0.1, 0.15) is 57.7 Å². The molecule has 2 aliphatic rings. The molecule has 1 heterocycles. The highest BCUT2D eigenvalue weighted by Gasteiger charge is 2.34. The largest absolute Gasteiger partial charge is 0.390 e. The van der Waals surface area contributed by atoms with Gasteiger partial charge in [0.15, 0.2) is 0 Å². The monoisotopic (exact) mass is 312 g/mol. The summed E-state index contributed by atoms with van der Waals surface area (Å²) in [6.45, 7) is 4.23. The van der Waals surface area contributed by atoms with Crippen molar-refractivity contribution in [2.75, 3.05) is 0 Å². The van der Waals surface area contributed by atoms with Gasteiger partial charge in [0.2, 0.25) is 10.0 Å². The van der Waals surface area contributed by atoms with E-state index in [1.165, 1.54) is 0 Å². The van der Waals surface area contributed by atoms with Crippen LogP contribution in [0.25, 0.3) is 0 Å². The van der Waals surface area contributed by atoms with E-state index in [1.54, 1.807) is 12.3 Å². The Morgan fingerprint density at radius 2 is 2.10 bits per heavy atom. The van der Waals surface area contributed by atoms with Crippen LogP contribution in [-0.2, 0) is 16.6 Å². The number of aliphatic hydroxyl groups is 1. The van der Waals surface area contributed by atoms with E-state index >= 15 is 0 Å². The van der Waals surface area contributed by atoms with Gasteiger partial charge < -0.3 is 9.67 Å². The maximum Gasteiger partial charge on any atom is 0.242 e. The Morgan fingerprint density at radius 1 is 1.38 bits per heavy atom. The van der Waals surface area contributed by atoms with Crippen LogP contribution in [0.4, 0.5) is 0 Å². The van der Waals surface area contributed by atoms with Crippen molar-refractivity contribution in [2.24, 2.45) is 5.41 Å². The lowest BCUT2D eigenvalue weighted by molar-refractivity contribution is 0.270. The second-order valence-electron chi connectivity index (χ2n) is 7.19. The van der Waals surface area contributed by atoms with Crippen molar-refractivity contribution in [1.29, 1.82) is 0 Å². The average Bonchev–Trinajstić information content (AvgIpc) is 3.04. The summed E-state index contributed by atoms with van der Waals surface area (Å²) in [5.41, 5.74) is 0.897. The third kappa shape index (κ3) is 3.17. The number of aromatic nitrogens is 1. The van der Waals surface area contributed by atoms with Crippen LogP contribution in [0, 0.1) is 5.41 Å². The molecule has 118 valence electrons. The molecule has 0 radical (unpaired) electrons. The fourth-order valence-electron chi connectivity index (χ4n) is 3.29. The van der Waals surface area contributed by atoms with Crippen LogP contribution in [0.15, 0.2) is 17.2 Å². The van der Waals surface area contributed by atoms with Crippen LogP contribution in [0.3, 0.4) is 0 Å². The Bertz CT molecular complexity index is 629. The highest BCUT2D eigenvalue weighted by Crippen LogP contribution is 2.39. The highest BCUT2D eigenvalue weighted by atomic mass is 32.2. The Morgan fingerprint density at radius 3 is 2.62 bits per heavy atom. The normalized spacial score (nSPS) is 25.4. The zero-order valence-electron chi connectivity index (χ0n) is 12.7. The molecule has 2 N–H and O–H groups in total. The standard InChI is InChI=1S/C15H24N2O3S/c1-15(2)6-5-11(8-15)16-21(19,20)14-7-13(10-18)17(9-14)12-3-4-12/h7,9,11-12,16,18H,3-6,8,10H2,1-2H3. The topological polar surface area (TPSA) is 71.3 Å². The number of rotatable bonds is 5. The zero-order chi connectivity index (χ0) is 15.3. The second-order valence-corrected chi connectivity index (χ2v) is 8.90. The molecule has 0 spiro atoms. The lowest BCUT2D eigenvalue weighted by atomic mass is 9.92. The minimum Gasteiger partial charge on any atom is -0.390 e. The summed E-state index contributed by atoms with van der Waals surface area (Å²) in [5.74, 6) is 0. The first-order valence-corrected chi connectivity index (χ1v) is 9.13. The number of hydrogen-bond donors (Lipinski definition) is 2. The molecule has 5 nitrogen and oxygen atoms in total. The third-order valence-electron chi connectivity index (χ3n) is 4.61. The van der Waals surface area contributed by atoms with Crippen LogP contribution in [0.5, 0.6) is 0 Å². The van der Waals surface area contributed by atoms with Crippen LogP contribution >= 0.6 is 0 Å². The molecule has 1 aromatic rings. The lowest BCUT2D eigenvalue weighted by Gasteiger charge is -2.17. The van der Waals surface area contributed by atoms with Gasteiger partial charge in [-0.05, 0) is 43.6 Å². The van der Waals surface area contributed by atoms with Gasteiger partial charge in [-0.3, -0.25) is 0 Å². The molecule has 0 bridgehead atoms. The summed E-state index contributed by atoms with van der Waals surface area (Å²) in [6, 6.07) is 1.98. The Kier molecular flexibility index (Phi) is 3.66. The number of nitrogens with one attached hydrogen (secondary N) is 1. The van der Waals surface area contributed by atoms with E-state index in [4.69, 9.17) is 0 Å². The molecule has 0 saturated heterocycles. The molecule has 2 fully saturated rings. The third-order valence-corrected chi connectivity index (χ3v) is 6.10. The summed E-state index contributed by atoms with van der Waals surface area (Å²) >= 11 is 0. The smallest absolute Gasteiger partial charge is 0.242 e. The first kappa shape index (κ1) is 15.1. The molecule has 1 aromatic heterocycles. The van der Waals surface area contributed by atoms with E-state index in [0.717, 1.165) is 32.1 Å². The van der Waals surface area contributed by atoms with E-state index in [1.807, 2.05) is 4.57 Å². The highest BCUT2D eigenvalue weighted by molar-refractivity contribution is 7.89. The minimum atomic E-state index is -3.49. The SMILES string of the molecule is CC1(C)CCC(NS(=O)(=O)c2cc(CO)n(C3CC3)c2)C1. The zero-order valence-corrected chi connectivity index (χ0v) is 13.5. The summed E-state index contributed by atoms with van der Waals surface area (Å²) < 4.78 is 29.8. The Balaban J connectivity index is 1.78. The predicted octanol–water partition coefficient (Wildman–Crippen LogP) is 2.17. The fourth-order valence-corrected chi connectivity index (χ4v) is 4.61. The lowest BCUT2D eigenvalue weighted by Crippen LogP contribution is -2.33. The molecule has 0 aliphatic heterocycles. The van der Waals surface area contributed by atoms with Gasteiger partial charge in [0.25, 0.3) is 0 Å². The predicted molar refractivity (Wildman–Crippen MR) is 80.4 cm³/mol. The van der Waals surface area contributed by atoms with Crippen molar-refractivity contribution >= 4 is 10.0 Å². The molecule has 3 rings (SSSR count). The molecule has 2 saturated carbocycles. The van der Waals surface area contributed by atoms with Gasteiger partial charge in [-0.1, -0.05) is 13.8 Å². The molecular formula is C15H24N2O3S. The summed E-state index contributed by atoms with van der Waals surface area (Å²) in [4.78, 5) is 0.281.